The van der Waals surface area contributed by atoms with Crippen molar-refractivity contribution in [3.05, 3.63) is 0 Å². The fourth-order valence-corrected chi connectivity index (χ4v) is 1.69. The maximum Gasteiger partial charge on any atom is 0.317 e. The maximum absolute atomic E-state index is 12.4. The zero-order valence-electron chi connectivity index (χ0n) is 9.58. The molecule has 0 bridgehead atoms. The lowest BCUT2D eigenvalue weighted by Crippen LogP contribution is -2.45. The maximum atomic E-state index is 12.4. The van der Waals surface area contributed by atoms with E-state index in [0.717, 1.165) is 12.8 Å². The molecule has 1 fully saturated rings. The minimum atomic E-state index is -0.291. The van der Waals surface area contributed by atoms with Crippen molar-refractivity contribution in [1.29, 1.82) is 5.26 Å². The Balaban J connectivity index is 2.26. The third kappa shape index (κ3) is 3.69. The number of hydrogen-bond donors (Lipinski definition) is 1. The van der Waals surface area contributed by atoms with E-state index in [9.17, 15) is 9.18 Å². The van der Waals surface area contributed by atoms with Crippen LogP contribution in [0.15, 0.2) is 0 Å². The highest BCUT2D eigenvalue weighted by Gasteiger charge is 2.22. The Kier molecular flexibility index (Phi) is 5.03. The molecule has 1 rings (SSSR count). The number of likely N-dealkylation sites (tertiary alicyclic amines) is 1. The van der Waals surface area contributed by atoms with Gasteiger partial charge in [-0.2, -0.15) is 5.26 Å². The third-order valence-electron chi connectivity index (χ3n) is 2.90. The van der Waals surface area contributed by atoms with Crippen LogP contribution in [0, 0.1) is 23.2 Å². The van der Waals surface area contributed by atoms with E-state index in [2.05, 4.69) is 11.4 Å². The van der Waals surface area contributed by atoms with Gasteiger partial charge in [-0.05, 0) is 25.7 Å². The summed E-state index contributed by atoms with van der Waals surface area (Å²) in [6.07, 6.45) is 1.47. The highest BCUT2D eigenvalue weighted by molar-refractivity contribution is 5.74. The van der Waals surface area contributed by atoms with E-state index in [1.807, 2.05) is 0 Å². The Labute approximate surface area is 95.4 Å². The van der Waals surface area contributed by atoms with Crippen LogP contribution in [0.1, 0.15) is 19.8 Å². The van der Waals surface area contributed by atoms with Gasteiger partial charge in [0.2, 0.25) is 0 Å². The lowest BCUT2D eigenvalue weighted by Gasteiger charge is -2.30. The van der Waals surface area contributed by atoms with Crippen molar-refractivity contribution in [1.82, 2.24) is 10.2 Å². The van der Waals surface area contributed by atoms with E-state index in [1.54, 1.807) is 11.8 Å². The molecule has 0 aliphatic carbocycles. The predicted octanol–water partition coefficient (Wildman–Crippen LogP) is 1.54. The summed E-state index contributed by atoms with van der Waals surface area (Å²) in [7, 11) is 0. The van der Waals surface area contributed by atoms with Gasteiger partial charge in [0, 0.05) is 19.6 Å². The van der Waals surface area contributed by atoms with Gasteiger partial charge in [0.15, 0.2) is 0 Å². The largest absolute Gasteiger partial charge is 0.337 e. The zero-order valence-corrected chi connectivity index (χ0v) is 9.58. The van der Waals surface area contributed by atoms with E-state index in [4.69, 9.17) is 5.26 Å². The van der Waals surface area contributed by atoms with Crippen LogP contribution in [0.5, 0.6) is 0 Å². The van der Waals surface area contributed by atoms with Crippen molar-refractivity contribution < 1.29 is 9.18 Å². The normalized spacial score (nSPS) is 18.9. The summed E-state index contributed by atoms with van der Waals surface area (Å²) in [5, 5.41) is 11.3. The van der Waals surface area contributed by atoms with Crippen molar-refractivity contribution in [2.24, 2.45) is 11.8 Å². The second-order valence-electron chi connectivity index (χ2n) is 4.30. The summed E-state index contributed by atoms with van der Waals surface area (Å²) in [6.45, 7) is 3.07. The van der Waals surface area contributed by atoms with Gasteiger partial charge in [0.05, 0.1) is 18.7 Å². The molecule has 1 heterocycles. The van der Waals surface area contributed by atoms with E-state index in [1.165, 1.54) is 0 Å². The third-order valence-corrected chi connectivity index (χ3v) is 2.90. The number of carbonyl (C=O) groups is 1. The van der Waals surface area contributed by atoms with Gasteiger partial charge in [-0.15, -0.1) is 0 Å². The number of nitrogens with one attached hydrogen (secondary N) is 1. The van der Waals surface area contributed by atoms with Crippen LogP contribution >= 0.6 is 0 Å². The molecule has 1 saturated heterocycles. The Morgan fingerprint density at radius 2 is 2.25 bits per heavy atom. The van der Waals surface area contributed by atoms with Crippen LogP contribution in [0.25, 0.3) is 0 Å². The first-order valence-electron chi connectivity index (χ1n) is 5.65. The molecule has 0 aromatic rings. The van der Waals surface area contributed by atoms with E-state index in [0.29, 0.717) is 19.6 Å². The number of rotatable bonds is 3. The first-order valence-corrected chi connectivity index (χ1v) is 5.65. The van der Waals surface area contributed by atoms with E-state index >= 15 is 0 Å². The molecule has 1 atom stereocenters. The minimum absolute atomic E-state index is 0.113. The first-order chi connectivity index (χ1) is 7.67. The average molecular weight is 227 g/mol. The molecule has 0 aromatic heterocycles. The van der Waals surface area contributed by atoms with Gasteiger partial charge in [0.25, 0.3) is 0 Å². The fraction of sp³-hybridized carbons (Fsp3) is 0.818. The van der Waals surface area contributed by atoms with Crippen LogP contribution < -0.4 is 5.32 Å². The lowest BCUT2D eigenvalue weighted by molar-refractivity contribution is 0.160. The molecule has 16 heavy (non-hydrogen) atoms. The number of carbonyl (C=O) groups excluding carboxylic acids is 1. The summed E-state index contributed by atoms with van der Waals surface area (Å²) >= 11 is 0. The van der Waals surface area contributed by atoms with Gasteiger partial charge < -0.3 is 10.2 Å². The average Bonchev–Trinajstić information content (AvgIpc) is 2.35. The molecule has 1 aliphatic heterocycles. The summed E-state index contributed by atoms with van der Waals surface area (Å²) in [6, 6.07) is 1.92. The first kappa shape index (κ1) is 12.8. The van der Waals surface area contributed by atoms with Gasteiger partial charge in [0.1, 0.15) is 0 Å². The van der Waals surface area contributed by atoms with Crippen LogP contribution in [-0.2, 0) is 0 Å². The van der Waals surface area contributed by atoms with Crippen molar-refractivity contribution in [2.45, 2.75) is 19.8 Å². The Bertz CT molecular complexity index is 269. The van der Waals surface area contributed by atoms with E-state index in [-0.39, 0.29) is 24.5 Å². The zero-order chi connectivity index (χ0) is 12.0. The molecule has 90 valence electrons. The number of nitriles is 1. The Morgan fingerprint density at radius 1 is 1.62 bits per heavy atom. The molecule has 0 saturated carbocycles. The summed E-state index contributed by atoms with van der Waals surface area (Å²) in [4.78, 5) is 13.3. The highest BCUT2D eigenvalue weighted by Crippen LogP contribution is 2.17. The van der Waals surface area contributed by atoms with Crippen LogP contribution in [0.2, 0.25) is 0 Å². The smallest absolute Gasteiger partial charge is 0.317 e. The minimum Gasteiger partial charge on any atom is -0.337 e. The van der Waals surface area contributed by atoms with E-state index < -0.39 is 0 Å². The summed E-state index contributed by atoms with van der Waals surface area (Å²) in [5.41, 5.74) is 0. The lowest BCUT2D eigenvalue weighted by atomic mass is 9.99. The molecule has 4 nitrogen and oxygen atoms in total. The predicted molar refractivity (Wildman–Crippen MR) is 58.4 cm³/mol. The SMILES string of the molecule is C[C@H](C#N)CNC(=O)N1CCC(CF)CC1. The van der Waals surface area contributed by atoms with Crippen molar-refractivity contribution >= 4 is 6.03 Å². The standard InChI is InChI=1S/C11H18FN3O/c1-9(7-13)8-14-11(16)15-4-2-10(6-12)3-5-15/h9-10H,2-6,8H2,1H3,(H,14,16)/t9-/m1/s1. The van der Waals surface area contributed by atoms with Crippen molar-refractivity contribution in [3.8, 4) is 6.07 Å². The molecule has 0 aromatic carbocycles. The van der Waals surface area contributed by atoms with Gasteiger partial charge in [-0.25, -0.2) is 4.79 Å². The molecular weight excluding hydrogens is 209 g/mol. The van der Waals surface area contributed by atoms with Crippen LogP contribution in [0.3, 0.4) is 0 Å². The summed E-state index contributed by atoms with van der Waals surface area (Å²) in [5.74, 6) is -0.0607. The Hall–Kier alpha value is -1.31. The number of nitrogens with zero attached hydrogens (tertiary/aromatic N) is 2. The molecule has 0 unspecified atom stereocenters. The number of urea groups is 1. The van der Waals surface area contributed by atoms with Crippen molar-refractivity contribution in [2.75, 3.05) is 26.3 Å². The molecule has 0 spiro atoms. The number of halogens is 1. The van der Waals surface area contributed by atoms with Gasteiger partial charge in [-0.1, -0.05) is 0 Å². The molecule has 1 N–H and O–H groups in total. The quantitative estimate of drug-likeness (QED) is 0.795. The highest BCUT2D eigenvalue weighted by atomic mass is 19.1. The molecule has 1 aliphatic rings. The number of piperidine rings is 1. The van der Waals surface area contributed by atoms with Crippen molar-refractivity contribution in [3.63, 3.8) is 0 Å². The summed E-state index contributed by atoms with van der Waals surface area (Å²) < 4.78 is 12.4. The van der Waals surface area contributed by atoms with Crippen LogP contribution in [0.4, 0.5) is 9.18 Å². The van der Waals surface area contributed by atoms with Crippen LogP contribution in [-0.4, -0.2) is 37.2 Å². The second-order valence-corrected chi connectivity index (χ2v) is 4.30. The second kappa shape index (κ2) is 6.31. The number of amides is 2. The number of alkyl halides is 1. The van der Waals surface area contributed by atoms with Gasteiger partial charge >= 0.3 is 6.03 Å². The molecule has 5 heteroatoms. The fourth-order valence-electron chi connectivity index (χ4n) is 1.69. The number of hydrogen-bond acceptors (Lipinski definition) is 2. The van der Waals surface area contributed by atoms with Gasteiger partial charge in [-0.3, -0.25) is 4.39 Å². The molecule has 0 radical (unpaired) electrons. The molecular formula is C11H18FN3O. The monoisotopic (exact) mass is 227 g/mol. The topological polar surface area (TPSA) is 56.1 Å². The molecule has 2 amide bonds. The Morgan fingerprint density at radius 3 is 2.75 bits per heavy atom.